The maximum absolute atomic E-state index is 12.8. The third kappa shape index (κ3) is 5.09. The van der Waals surface area contributed by atoms with Crippen LogP contribution < -0.4 is 15.6 Å². The third-order valence-corrected chi connectivity index (χ3v) is 2.99. The molecule has 0 saturated carbocycles. The van der Waals surface area contributed by atoms with Gasteiger partial charge in [-0.1, -0.05) is 12.1 Å². The van der Waals surface area contributed by atoms with Gasteiger partial charge in [0.25, 0.3) is 11.6 Å². The maximum Gasteiger partial charge on any atom is 0.418 e. The van der Waals surface area contributed by atoms with Crippen molar-refractivity contribution in [2.75, 3.05) is 12.0 Å². The molecule has 0 unspecified atom stereocenters. The van der Waals surface area contributed by atoms with Crippen LogP contribution in [-0.4, -0.2) is 17.4 Å². The third-order valence-electron chi connectivity index (χ3n) is 2.99. The Morgan fingerprint density at radius 1 is 1.12 bits per heavy atom. The highest BCUT2D eigenvalue weighted by molar-refractivity contribution is 5.79. The molecule has 0 aliphatic heterocycles. The number of nitrogens with one attached hydrogen (secondary N) is 2. The Morgan fingerprint density at radius 2 is 1.76 bits per heavy atom. The number of nitro groups is 1. The topological polar surface area (TPSA) is 93.5 Å². The van der Waals surface area contributed by atoms with E-state index in [-0.39, 0.29) is 17.1 Å². The maximum atomic E-state index is 12.8. The molecule has 10 heteroatoms. The van der Waals surface area contributed by atoms with E-state index in [0.29, 0.717) is 0 Å². The summed E-state index contributed by atoms with van der Waals surface area (Å²) < 4.78 is 43.5. The lowest BCUT2D eigenvalue weighted by atomic mass is 10.2. The number of rotatable bonds is 6. The molecule has 2 rings (SSSR count). The van der Waals surface area contributed by atoms with E-state index >= 15 is 0 Å². The van der Waals surface area contributed by atoms with Gasteiger partial charge in [0, 0.05) is 12.1 Å². The van der Waals surface area contributed by atoms with Gasteiger partial charge in [-0.2, -0.15) is 13.2 Å². The molecule has 25 heavy (non-hydrogen) atoms. The lowest BCUT2D eigenvalue weighted by Gasteiger charge is -2.15. The van der Waals surface area contributed by atoms with E-state index in [9.17, 15) is 28.1 Å². The van der Waals surface area contributed by atoms with Gasteiger partial charge in [-0.15, -0.1) is 0 Å². The van der Waals surface area contributed by atoms with Gasteiger partial charge in [-0.3, -0.25) is 25.8 Å². The highest BCUT2D eigenvalue weighted by Crippen LogP contribution is 2.34. The van der Waals surface area contributed by atoms with Gasteiger partial charge < -0.3 is 4.74 Å². The summed E-state index contributed by atoms with van der Waals surface area (Å²) >= 11 is 0. The number of carbonyl (C=O) groups is 1. The Balaban J connectivity index is 1.88. The first-order chi connectivity index (χ1) is 11.8. The predicted octanol–water partition coefficient (Wildman–Crippen LogP) is 3.14. The van der Waals surface area contributed by atoms with E-state index in [4.69, 9.17) is 4.74 Å². The number of anilines is 1. The Morgan fingerprint density at radius 3 is 2.36 bits per heavy atom. The van der Waals surface area contributed by atoms with E-state index in [0.717, 1.165) is 6.07 Å². The minimum absolute atomic E-state index is 0.137. The first kappa shape index (κ1) is 18.0. The van der Waals surface area contributed by atoms with E-state index in [2.05, 4.69) is 10.9 Å². The fourth-order valence-corrected chi connectivity index (χ4v) is 1.83. The van der Waals surface area contributed by atoms with E-state index in [1.54, 1.807) is 0 Å². The minimum atomic E-state index is -4.57. The van der Waals surface area contributed by atoms with Crippen molar-refractivity contribution in [3.05, 3.63) is 64.2 Å². The van der Waals surface area contributed by atoms with Crippen molar-refractivity contribution in [2.45, 2.75) is 6.18 Å². The monoisotopic (exact) mass is 355 g/mol. The second-order valence-corrected chi connectivity index (χ2v) is 4.76. The summed E-state index contributed by atoms with van der Waals surface area (Å²) in [5, 5.41) is 10.5. The molecular formula is C15H12F3N3O4. The smallest absolute Gasteiger partial charge is 0.418 e. The van der Waals surface area contributed by atoms with E-state index in [1.807, 2.05) is 0 Å². The van der Waals surface area contributed by atoms with E-state index in [1.165, 1.54) is 42.5 Å². The Kier molecular flexibility index (Phi) is 5.42. The Bertz CT molecular complexity index is 763. The first-order valence-corrected chi connectivity index (χ1v) is 6.85. The van der Waals surface area contributed by atoms with Gasteiger partial charge in [0.1, 0.15) is 5.75 Å². The highest BCUT2D eigenvalue weighted by Gasteiger charge is 2.33. The molecule has 7 nitrogen and oxygen atoms in total. The number of amides is 1. The van der Waals surface area contributed by atoms with Crippen molar-refractivity contribution in [1.29, 1.82) is 0 Å². The highest BCUT2D eigenvalue weighted by atomic mass is 19.4. The summed E-state index contributed by atoms with van der Waals surface area (Å²) in [6.07, 6.45) is -4.57. The molecule has 0 spiro atoms. The van der Waals surface area contributed by atoms with Crippen LogP contribution >= 0.6 is 0 Å². The Hall–Kier alpha value is -3.30. The van der Waals surface area contributed by atoms with Crippen molar-refractivity contribution < 1.29 is 27.6 Å². The number of alkyl halides is 3. The number of halogens is 3. The van der Waals surface area contributed by atoms with E-state index < -0.39 is 29.2 Å². The number of non-ortho nitro benzene ring substituents is 1. The molecule has 0 radical (unpaired) electrons. The fourth-order valence-electron chi connectivity index (χ4n) is 1.83. The molecule has 0 bridgehead atoms. The van der Waals surface area contributed by atoms with Crippen LogP contribution in [0.15, 0.2) is 48.5 Å². The molecule has 2 N–H and O–H groups in total. The molecule has 0 aromatic heterocycles. The van der Waals surface area contributed by atoms with Crippen LogP contribution in [0.5, 0.6) is 5.75 Å². The summed E-state index contributed by atoms with van der Waals surface area (Å²) in [4.78, 5) is 21.6. The molecule has 2 aromatic rings. The molecular weight excluding hydrogens is 343 g/mol. The van der Waals surface area contributed by atoms with Gasteiger partial charge in [0.2, 0.25) is 0 Å². The van der Waals surface area contributed by atoms with Crippen LogP contribution in [0.2, 0.25) is 0 Å². The molecule has 0 aliphatic carbocycles. The van der Waals surface area contributed by atoms with Crippen LogP contribution in [0.1, 0.15) is 5.56 Å². The number of benzene rings is 2. The summed E-state index contributed by atoms with van der Waals surface area (Å²) in [6, 6.07) is 9.67. The number of ether oxygens (including phenoxy) is 1. The lowest BCUT2D eigenvalue weighted by molar-refractivity contribution is -0.384. The molecule has 0 saturated heterocycles. The second-order valence-electron chi connectivity index (χ2n) is 4.76. The van der Waals surface area contributed by atoms with Crippen molar-refractivity contribution in [1.82, 2.24) is 5.43 Å². The summed E-state index contributed by atoms with van der Waals surface area (Å²) in [7, 11) is 0. The van der Waals surface area contributed by atoms with Crippen molar-refractivity contribution in [3.63, 3.8) is 0 Å². The molecule has 0 fully saturated rings. The van der Waals surface area contributed by atoms with Crippen LogP contribution in [0, 0.1) is 10.1 Å². The van der Waals surface area contributed by atoms with Crippen molar-refractivity contribution >= 4 is 17.3 Å². The summed E-state index contributed by atoms with van der Waals surface area (Å²) in [5.74, 6) is -0.522. The number of para-hydroxylation sites is 1. The number of hydrogen-bond donors (Lipinski definition) is 2. The quantitative estimate of drug-likeness (QED) is 0.613. The first-order valence-electron chi connectivity index (χ1n) is 6.85. The largest absolute Gasteiger partial charge is 0.484 e. The van der Waals surface area contributed by atoms with Crippen LogP contribution in [0.4, 0.5) is 24.5 Å². The van der Waals surface area contributed by atoms with Crippen LogP contribution in [-0.2, 0) is 11.0 Å². The fraction of sp³-hybridized carbons (Fsp3) is 0.133. The average molecular weight is 355 g/mol. The molecule has 132 valence electrons. The number of hydrogen-bond acceptors (Lipinski definition) is 5. The zero-order valence-corrected chi connectivity index (χ0v) is 12.5. The minimum Gasteiger partial charge on any atom is -0.484 e. The molecule has 0 atom stereocenters. The standard InChI is InChI=1S/C15H12F3N3O4/c16-15(17,18)12-3-1-2-4-13(12)19-20-14(22)9-25-11-7-5-10(6-8-11)21(23)24/h1-8,19H,9H2,(H,20,22). The zero-order chi connectivity index (χ0) is 18.4. The van der Waals surface area contributed by atoms with Crippen LogP contribution in [0.25, 0.3) is 0 Å². The zero-order valence-electron chi connectivity index (χ0n) is 12.5. The summed E-state index contributed by atoms with van der Waals surface area (Å²) in [6.45, 7) is -0.487. The lowest BCUT2D eigenvalue weighted by Crippen LogP contribution is -2.34. The number of carbonyl (C=O) groups excluding carboxylic acids is 1. The van der Waals surface area contributed by atoms with Crippen molar-refractivity contribution in [3.8, 4) is 5.75 Å². The number of nitro benzene ring substituents is 1. The number of hydrazine groups is 1. The SMILES string of the molecule is O=C(COc1ccc([N+](=O)[O-])cc1)NNc1ccccc1C(F)(F)F. The van der Waals surface area contributed by atoms with Gasteiger partial charge >= 0.3 is 6.18 Å². The van der Waals surface area contributed by atoms with Crippen LogP contribution in [0.3, 0.4) is 0 Å². The molecule has 0 heterocycles. The van der Waals surface area contributed by atoms with Gasteiger partial charge in [-0.25, -0.2) is 0 Å². The molecule has 2 aromatic carbocycles. The van der Waals surface area contributed by atoms with Crippen molar-refractivity contribution in [2.24, 2.45) is 0 Å². The van der Waals surface area contributed by atoms with Gasteiger partial charge in [-0.05, 0) is 24.3 Å². The molecule has 1 amide bonds. The second kappa shape index (κ2) is 7.51. The average Bonchev–Trinajstić information content (AvgIpc) is 2.58. The van der Waals surface area contributed by atoms with Gasteiger partial charge in [0.05, 0.1) is 16.2 Å². The predicted molar refractivity (Wildman–Crippen MR) is 81.8 cm³/mol. The molecule has 0 aliphatic rings. The summed E-state index contributed by atoms with van der Waals surface area (Å²) in [5.41, 5.74) is 2.91. The normalized spacial score (nSPS) is 10.8. The van der Waals surface area contributed by atoms with Gasteiger partial charge in [0.15, 0.2) is 6.61 Å². The number of nitrogens with zero attached hydrogens (tertiary/aromatic N) is 1. The Labute approximate surface area is 139 Å².